The van der Waals surface area contributed by atoms with Crippen molar-refractivity contribution in [1.82, 2.24) is 9.88 Å². The fourth-order valence-electron chi connectivity index (χ4n) is 6.85. The number of rotatable bonds is 1. The average Bonchev–Trinajstić information content (AvgIpc) is 3.48. The molecule has 3 aromatic carbocycles. The summed E-state index contributed by atoms with van der Waals surface area (Å²) in [5, 5.41) is 6.37. The summed E-state index contributed by atoms with van der Waals surface area (Å²) in [5.41, 5.74) is 15.5. The predicted octanol–water partition coefficient (Wildman–Crippen LogP) is 7.29. The van der Waals surface area contributed by atoms with E-state index >= 15 is 0 Å². The number of benzene rings is 3. The van der Waals surface area contributed by atoms with Gasteiger partial charge in [0, 0.05) is 34.3 Å². The second-order valence-corrected chi connectivity index (χ2v) is 9.58. The molecule has 0 spiro atoms. The van der Waals surface area contributed by atoms with Crippen molar-refractivity contribution in [1.29, 1.82) is 0 Å². The van der Waals surface area contributed by atoms with Crippen LogP contribution in [0.1, 0.15) is 54.0 Å². The first-order valence-electron chi connectivity index (χ1n) is 11.7. The van der Waals surface area contributed by atoms with Crippen molar-refractivity contribution >= 4 is 27.5 Å². The quantitative estimate of drug-likeness (QED) is 0.255. The van der Waals surface area contributed by atoms with Gasteiger partial charge in [-0.3, -0.25) is 0 Å². The van der Waals surface area contributed by atoms with E-state index in [1.807, 2.05) is 0 Å². The minimum absolute atomic E-state index is 0.301. The van der Waals surface area contributed by atoms with E-state index in [9.17, 15) is 0 Å². The van der Waals surface area contributed by atoms with Crippen LogP contribution in [0.3, 0.4) is 0 Å². The minimum Gasteiger partial charge on any atom is -0.374 e. The number of hydrogen-bond acceptors (Lipinski definition) is 1. The van der Waals surface area contributed by atoms with Crippen LogP contribution in [0.4, 0.5) is 0 Å². The number of fused-ring (bicyclic) bond motifs is 9. The Morgan fingerprint density at radius 2 is 1.88 bits per heavy atom. The van der Waals surface area contributed by atoms with E-state index in [2.05, 4.69) is 90.3 Å². The maximum atomic E-state index is 4.27. The van der Waals surface area contributed by atoms with Crippen LogP contribution in [-0.4, -0.2) is 4.57 Å². The molecule has 7 rings (SSSR count). The summed E-state index contributed by atoms with van der Waals surface area (Å²) < 4.78 is 2.61. The largest absolute Gasteiger partial charge is 0.374 e. The zero-order valence-corrected chi connectivity index (χ0v) is 18.4. The SMILES string of the molecule is C=C=C1NCc2c1c1c3c4c2c2ccccc2n4C(C=C)CCC(C)[C@H]3c2ccccc2-1. The van der Waals surface area contributed by atoms with Gasteiger partial charge in [-0.15, -0.1) is 12.3 Å². The van der Waals surface area contributed by atoms with Crippen molar-refractivity contribution in [3.8, 4) is 11.1 Å². The number of allylic oxidation sites excluding steroid dienone is 1. The second-order valence-electron chi connectivity index (χ2n) is 9.58. The maximum absolute atomic E-state index is 4.27. The van der Waals surface area contributed by atoms with E-state index < -0.39 is 0 Å². The van der Waals surface area contributed by atoms with Crippen molar-refractivity contribution in [2.24, 2.45) is 5.92 Å². The highest BCUT2D eigenvalue weighted by molar-refractivity contribution is 6.16. The number of para-hydroxylation sites is 1. The van der Waals surface area contributed by atoms with E-state index in [1.165, 1.54) is 61.6 Å². The summed E-state index contributed by atoms with van der Waals surface area (Å²) in [5.74, 6) is 0.980. The first kappa shape index (κ1) is 18.1. The summed E-state index contributed by atoms with van der Waals surface area (Å²) in [6.07, 6.45) is 4.47. The van der Waals surface area contributed by atoms with E-state index in [-0.39, 0.29) is 0 Å². The molecule has 1 aromatic heterocycles. The van der Waals surface area contributed by atoms with E-state index in [1.54, 1.807) is 0 Å². The molecule has 3 atom stereocenters. The third-order valence-electron chi connectivity index (χ3n) is 8.12. The number of nitrogens with zero attached hydrogens (tertiary/aromatic N) is 1. The van der Waals surface area contributed by atoms with Crippen LogP contribution in [0, 0.1) is 5.92 Å². The Labute approximate surface area is 188 Å². The van der Waals surface area contributed by atoms with Gasteiger partial charge in [0.1, 0.15) is 0 Å². The monoisotopic (exact) mass is 414 g/mol. The third-order valence-corrected chi connectivity index (χ3v) is 8.12. The molecule has 2 aliphatic heterocycles. The van der Waals surface area contributed by atoms with Crippen molar-refractivity contribution in [3.05, 3.63) is 95.7 Å². The lowest BCUT2D eigenvalue weighted by molar-refractivity contribution is 0.416. The molecule has 0 saturated carbocycles. The van der Waals surface area contributed by atoms with Crippen molar-refractivity contribution in [2.75, 3.05) is 0 Å². The highest BCUT2D eigenvalue weighted by Crippen LogP contribution is 2.58. The molecule has 156 valence electrons. The summed E-state index contributed by atoms with van der Waals surface area (Å²) >= 11 is 0. The average molecular weight is 415 g/mol. The van der Waals surface area contributed by atoms with Crippen molar-refractivity contribution < 1.29 is 0 Å². The molecule has 1 N–H and O–H groups in total. The minimum atomic E-state index is 0.301. The maximum Gasteiger partial charge on any atom is 0.0854 e. The van der Waals surface area contributed by atoms with Gasteiger partial charge < -0.3 is 9.88 Å². The highest BCUT2D eigenvalue weighted by atomic mass is 15.0. The molecule has 1 aliphatic carbocycles. The molecule has 2 unspecified atom stereocenters. The molecule has 4 aromatic rings. The normalized spacial score (nSPS) is 22.8. The Balaban J connectivity index is 1.81. The van der Waals surface area contributed by atoms with Crippen LogP contribution in [0.2, 0.25) is 0 Å². The fourth-order valence-corrected chi connectivity index (χ4v) is 6.85. The molecule has 0 fully saturated rings. The van der Waals surface area contributed by atoms with Gasteiger partial charge in [0.05, 0.1) is 17.3 Å². The van der Waals surface area contributed by atoms with Crippen molar-refractivity contribution in [3.63, 3.8) is 0 Å². The molecule has 3 aliphatic rings. The van der Waals surface area contributed by atoms with Crippen molar-refractivity contribution in [2.45, 2.75) is 38.3 Å². The van der Waals surface area contributed by atoms with Gasteiger partial charge in [-0.1, -0.05) is 62.0 Å². The Morgan fingerprint density at radius 3 is 2.72 bits per heavy atom. The molecule has 32 heavy (non-hydrogen) atoms. The van der Waals surface area contributed by atoms with Gasteiger partial charge in [-0.05, 0) is 52.6 Å². The molecule has 0 radical (unpaired) electrons. The smallest absolute Gasteiger partial charge is 0.0854 e. The first-order chi connectivity index (χ1) is 15.7. The second kappa shape index (κ2) is 6.28. The Hall–Kier alpha value is -3.48. The molecule has 2 heteroatoms. The van der Waals surface area contributed by atoms with Crippen LogP contribution in [0.15, 0.2) is 73.5 Å². The molecular formula is C30H26N2. The molecule has 0 amide bonds. The van der Waals surface area contributed by atoms with Crippen LogP contribution >= 0.6 is 0 Å². The zero-order chi connectivity index (χ0) is 21.6. The summed E-state index contributed by atoms with van der Waals surface area (Å²) in [6, 6.07) is 18.3. The Bertz CT molecular complexity index is 1530. The molecule has 0 bridgehead atoms. The molecule has 0 saturated heterocycles. The topological polar surface area (TPSA) is 17.0 Å². The van der Waals surface area contributed by atoms with Gasteiger partial charge >= 0.3 is 0 Å². The molecule has 2 nitrogen and oxygen atoms in total. The van der Waals surface area contributed by atoms with Gasteiger partial charge in [0.15, 0.2) is 0 Å². The van der Waals surface area contributed by atoms with E-state index in [0.29, 0.717) is 17.9 Å². The molecule has 3 heterocycles. The third kappa shape index (κ3) is 2.02. The standard InChI is InChI=1S/C30H26N2/c1-4-18-15-14-17(3)25-19-10-6-7-11-20(19)28-27-22(16-31-23(27)5-2)26-21-12-8-9-13-24(21)32(18)30(26)29(25)28/h4,6-13,17-18,25,31H,1-2,14-16H2,3H3/t17?,18?,25-/m0/s1. The number of aromatic nitrogens is 1. The van der Waals surface area contributed by atoms with E-state index in [4.69, 9.17) is 0 Å². The first-order valence-corrected chi connectivity index (χ1v) is 11.7. The number of hydrogen-bond donors (Lipinski definition) is 1. The van der Waals surface area contributed by atoms with Crippen LogP contribution in [0.5, 0.6) is 0 Å². The summed E-state index contributed by atoms with van der Waals surface area (Å²) in [6.45, 7) is 11.6. The van der Waals surface area contributed by atoms with Crippen LogP contribution in [-0.2, 0) is 6.54 Å². The Morgan fingerprint density at radius 1 is 1.06 bits per heavy atom. The Kier molecular flexibility index (Phi) is 3.56. The van der Waals surface area contributed by atoms with Gasteiger partial charge in [-0.25, -0.2) is 0 Å². The zero-order valence-electron chi connectivity index (χ0n) is 18.4. The number of nitrogens with one attached hydrogen (secondary N) is 1. The lowest BCUT2D eigenvalue weighted by atomic mass is 9.79. The summed E-state index contributed by atoms with van der Waals surface area (Å²) in [4.78, 5) is 0. The predicted molar refractivity (Wildman–Crippen MR) is 134 cm³/mol. The highest BCUT2D eigenvalue weighted by Gasteiger charge is 2.42. The van der Waals surface area contributed by atoms with Crippen LogP contribution in [0.25, 0.3) is 38.6 Å². The van der Waals surface area contributed by atoms with Crippen LogP contribution < -0.4 is 5.32 Å². The van der Waals surface area contributed by atoms with Gasteiger partial charge in [0.25, 0.3) is 0 Å². The summed E-state index contributed by atoms with van der Waals surface area (Å²) in [7, 11) is 0. The van der Waals surface area contributed by atoms with Gasteiger partial charge in [-0.2, -0.15) is 0 Å². The van der Waals surface area contributed by atoms with E-state index in [0.717, 1.165) is 18.7 Å². The van der Waals surface area contributed by atoms with Gasteiger partial charge in [0.2, 0.25) is 0 Å². The lowest BCUT2D eigenvalue weighted by Gasteiger charge is -2.30. The fraction of sp³-hybridized carbons (Fsp3) is 0.233. The lowest BCUT2D eigenvalue weighted by Crippen LogP contribution is -2.18. The molecular weight excluding hydrogens is 388 g/mol.